The number of aromatic nitrogens is 2. The first-order valence-corrected chi connectivity index (χ1v) is 7.13. The summed E-state index contributed by atoms with van der Waals surface area (Å²) in [5, 5.41) is 12.6. The molecule has 1 aromatic heterocycles. The Morgan fingerprint density at radius 3 is 2.38 bits per heavy atom. The molecule has 7 nitrogen and oxygen atoms in total. The Kier molecular flexibility index (Phi) is 4.72. The number of nitrogens with one attached hydrogen (secondary N) is 1. The Balaban J connectivity index is 2.16. The molecule has 1 amide bonds. The van der Waals surface area contributed by atoms with E-state index in [1.807, 2.05) is 0 Å². The average molecular weight is 292 g/mol. The van der Waals surface area contributed by atoms with Gasteiger partial charge in [-0.15, -0.1) is 0 Å². The molecule has 0 saturated heterocycles. The van der Waals surface area contributed by atoms with Gasteiger partial charge in [0.2, 0.25) is 0 Å². The Bertz CT molecular complexity index is 525. The van der Waals surface area contributed by atoms with Crippen LogP contribution in [-0.2, 0) is 4.79 Å². The normalized spacial score (nSPS) is 17.7. The number of carbonyl (C=O) groups is 2. The Hall–Kier alpha value is -2.18. The number of carboxylic acid groups (broad SMARTS) is 1. The highest BCUT2D eigenvalue weighted by atomic mass is 16.4. The molecule has 1 fully saturated rings. The topological polar surface area (TPSA) is 118 Å². The number of carbonyl (C=O) groups excluding carboxylic acids is 1. The van der Waals surface area contributed by atoms with Gasteiger partial charge >= 0.3 is 5.97 Å². The van der Waals surface area contributed by atoms with Crippen LogP contribution in [0.3, 0.4) is 0 Å². The van der Waals surface area contributed by atoms with Gasteiger partial charge in [-0.1, -0.05) is 25.7 Å². The van der Waals surface area contributed by atoms with E-state index in [-0.39, 0.29) is 18.1 Å². The predicted molar refractivity (Wildman–Crippen MR) is 76.8 cm³/mol. The standard InChI is InChI=1S/C14H20N4O3/c15-11(19)10-12(17-8-7-16-10)18-9-14(13(20)21)5-3-1-2-4-6-14/h7-8H,1-6,9H2,(H2,15,19)(H,17,18)(H,20,21). The monoisotopic (exact) mass is 292 g/mol. The van der Waals surface area contributed by atoms with Gasteiger partial charge in [0.15, 0.2) is 11.5 Å². The summed E-state index contributed by atoms with van der Waals surface area (Å²) in [6.45, 7) is 0.224. The van der Waals surface area contributed by atoms with Crippen LogP contribution in [0.4, 0.5) is 5.82 Å². The summed E-state index contributed by atoms with van der Waals surface area (Å²) in [5.41, 5.74) is 4.46. The average Bonchev–Trinajstić information content (AvgIpc) is 2.72. The first-order valence-electron chi connectivity index (χ1n) is 7.13. The van der Waals surface area contributed by atoms with E-state index >= 15 is 0 Å². The Morgan fingerprint density at radius 2 is 1.81 bits per heavy atom. The molecular weight excluding hydrogens is 272 g/mol. The van der Waals surface area contributed by atoms with Crippen LogP contribution >= 0.6 is 0 Å². The van der Waals surface area contributed by atoms with Gasteiger partial charge in [0.1, 0.15) is 0 Å². The van der Waals surface area contributed by atoms with Crippen molar-refractivity contribution >= 4 is 17.7 Å². The number of aliphatic carboxylic acids is 1. The molecule has 7 heteroatoms. The third kappa shape index (κ3) is 3.48. The van der Waals surface area contributed by atoms with Crippen molar-refractivity contribution in [3.8, 4) is 0 Å². The van der Waals surface area contributed by atoms with Crippen LogP contribution in [0.25, 0.3) is 0 Å². The fourth-order valence-corrected chi connectivity index (χ4v) is 2.77. The van der Waals surface area contributed by atoms with Crippen molar-refractivity contribution in [2.24, 2.45) is 11.1 Å². The Labute approximate surface area is 123 Å². The maximum atomic E-state index is 11.7. The number of rotatable bonds is 5. The van der Waals surface area contributed by atoms with Crippen LogP contribution in [-0.4, -0.2) is 33.5 Å². The SMILES string of the molecule is NC(=O)c1nccnc1NCC1(C(=O)O)CCCCCC1. The molecule has 114 valence electrons. The van der Waals surface area contributed by atoms with Crippen molar-refractivity contribution in [3.05, 3.63) is 18.1 Å². The molecule has 0 radical (unpaired) electrons. The van der Waals surface area contributed by atoms with E-state index in [9.17, 15) is 14.7 Å². The highest BCUT2D eigenvalue weighted by Crippen LogP contribution is 2.35. The van der Waals surface area contributed by atoms with E-state index in [4.69, 9.17) is 5.73 Å². The molecule has 0 spiro atoms. The van der Waals surface area contributed by atoms with Crippen molar-refractivity contribution in [1.29, 1.82) is 0 Å². The molecule has 1 heterocycles. The van der Waals surface area contributed by atoms with Gasteiger partial charge < -0.3 is 16.2 Å². The molecule has 1 aromatic rings. The largest absolute Gasteiger partial charge is 0.481 e. The summed E-state index contributed by atoms with van der Waals surface area (Å²) >= 11 is 0. The predicted octanol–water partition coefficient (Wildman–Crippen LogP) is 1.41. The molecule has 1 aliphatic rings. The number of nitrogens with two attached hydrogens (primary N) is 1. The minimum Gasteiger partial charge on any atom is -0.481 e. The fourth-order valence-electron chi connectivity index (χ4n) is 2.77. The molecule has 1 aliphatic carbocycles. The molecule has 1 saturated carbocycles. The zero-order valence-electron chi connectivity index (χ0n) is 11.8. The van der Waals surface area contributed by atoms with Gasteiger partial charge in [-0.2, -0.15) is 0 Å². The molecule has 21 heavy (non-hydrogen) atoms. The van der Waals surface area contributed by atoms with Crippen LogP contribution in [0.15, 0.2) is 12.4 Å². The lowest BCUT2D eigenvalue weighted by Crippen LogP contribution is -2.38. The van der Waals surface area contributed by atoms with Crippen molar-refractivity contribution in [3.63, 3.8) is 0 Å². The highest BCUT2D eigenvalue weighted by Gasteiger charge is 2.38. The highest BCUT2D eigenvalue weighted by molar-refractivity contribution is 5.95. The van der Waals surface area contributed by atoms with Gasteiger partial charge in [0.05, 0.1) is 5.41 Å². The molecule has 0 atom stereocenters. The zero-order valence-corrected chi connectivity index (χ0v) is 11.8. The first kappa shape index (κ1) is 15.2. The van der Waals surface area contributed by atoms with E-state index in [0.717, 1.165) is 25.7 Å². The molecular formula is C14H20N4O3. The van der Waals surface area contributed by atoms with Gasteiger partial charge in [0.25, 0.3) is 5.91 Å². The lowest BCUT2D eigenvalue weighted by atomic mass is 9.80. The second-order valence-corrected chi connectivity index (χ2v) is 5.47. The maximum absolute atomic E-state index is 11.7. The van der Waals surface area contributed by atoms with Crippen molar-refractivity contribution < 1.29 is 14.7 Å². The van der Waals surface area contributed by atoms with Crippen molar-refractivity contribution in [1.82, 2.24) is 9.97 Å². The number of primary amides is 1. The zero-order chi connectivity index (χ0) is 15.3. The van der Waals surface area contributed by atoms with Crippen LogP contribution in [0.1, 0.15) is 49.0 Å². The van der Waals surface area contributed by atoms with Gasteiger partial charge in [-0.3, -0.25) is 9.59 Å². The minimum atomic E-state index is -0.817. The quantitative estimate of drug-likeness (QED) is 0.706. The van der Waals surface area contributed by atoms with Crippen LogP contribution in [0.5, 0.6) is 0 Å². The van der Waals surface area contributed by atoms with E-state index in [1.165, 1.54) is 12.4 Å². The number of hydrogen-bond acceptors (Lipinski definition) is 5. The van der Waals surface area contributed by atoms with Gasteiger partial charge in [-0.05, 0) is 12.8 Å². The van der Waals surface area contributed by atoms with Crippen LogP contribution in [0.2, 0.25) is 0 Å². The lowest BCUT2D eigenvalue weighted by Gasteiger charge is -2.28. The van der Waals surface area contributed by atoms with Crippen molar-refractivity contribution in [2.75, 3.05) is 11.9 Å². The molecule has 4 N–H and O–H groups in total. The van der Waals surface area contributed by atoms with Crippen molar-refractivity contribution in [2.45, 2.75) is 38.5 Å². The molecule has 2 rings (SSSR count). The number of amides is 1. The minimum absolute atomic E-state index is 0.0339. The van der Waals surface area contributed by atoms with Crippen LogP contribution in [0, 0.1) is 5.41 Å². The summed E-state index contributed by atoms with van der Waals surface area (Å²) in [5.74, 6) is -1.24. The second kappa shape index (κ2) is 6.51. The molecule has 0 bridgehead atoms. The molecule has 0 aromatic carbocycles. The summed E-state index contributed by atoms with van der Waals surface area (Å²) in [6.07, 6.45) is 8.00. The fraction of sp³-hybridized carbons (Fsp3) is 0.571. The van der Waals surface area contributed by atoms with Crippen LogP contribution < -0.4 is 11.1 Å². The number of carboxylic acids is 1. The first-order chi connectivity index (χ1) is 10.1. The van der Waals surface area contributed by atoms with Gasteiger partial charge in [-0.25, -0.2) is 9.97 Å². The second-order valence-electron chi connectivity index (χ2n) is 5.47. The lowest BCUT2D eigenvalue weighted by molar-refractivity contribution is -0.149. The Morgan fingerprint density at radius 1 is 1.19 bits per heavy atom. The maximum Gasteiger partial charge on any atom is 0.311 e. The third-order valence-electron chi connectivity index (χ3n) is 4.04. The number of hydrogen-bond donors (Lipinski definition) is 3. The smallest absolute Gasteiger partial charge is 0.311 e. The summed E-state index contributed by atoms with van der Waals surface area (Å²) in [4.78, 5) is 30.9. The molecule has 0 aliphatic heterocycles. The third-order valence-corrected chi connectivity index (χ3v) is 4.04. The van der Waals surface area contributed by atoms with E-state index in [1.54, 1.807) is 0 Å². The number of nitrogens with zero attached hydrogens (tertiary/aromatic N) is 2. The van der Waals surface area contributed by atoms with Gasteiger partial charge in [0, 0.05) is 18.9 Å². The number of anilines is 1. The molecule has 0 unspecified atom stereocenters. The summed E-state index contributed by atoms with van der Waals surface area (Å²) in [7, 11) is 0. The van der Waals surface area contributed by atoms with E-state index < -0.39 is 17.3 Å². The summed E-state index contributed by atoms with van der Waals surface area (Å²) < 4.78 is 0. The van der Waals surface area contributed by atoms with E-state index in [2.05, 4.69) is 15.3 Å². The van der Waals surface area contributed by atoms with E-state index in [0.29, 0.717) is 12.8 Å². The summed E-state index contributed by atoms with van der Waals surface area (Å²) in [6, 6.07) is 0.